The highest BCUT2D eigenvalue weighted by Crippen LogP contribution is 2.36. The van der Waals surface area contributed by atoms with Crippen LogP contribution in [0.25, 0.3) is 0 Å². The molecule has 1 aromatic carbocycles. The molecule has 0 atom stereocenters. The van der Waals surface area contributed by atoms with Crippen LogP contribution < -0.4 is 5.32 Å². The van der Waals surface area contributed by atoms with Crippen LogP contribution in [0.1, 0.15) is 44.1 Å². The summed E-state index contributed by atoms with van der Waals surface area (Å²) in [6.07, 6.45) is 4.92. The molecule has 1 fully saturated rings. The van der Waals surface area contributed by atoms with Crippen LogP contribution in [0.2, 0.25) is 0 Å². The summed E-state index contributed by atoms with van der Waals surface area (Å²) in [7, 11) is 0. The van der Waals surface area contributed by atoms with E-state index in [-0.39, 0.29) is 5.82 Å². The zero-order valence-electron chi connectivity index (χ0n) is 9.88. The quantitative estimate of drug-likeness (QED) is 0.751. The topological polar surface area (TPSA) is 12.0 Å². The van der Waals surface area contributed by atoms with Gasteiger partial charge in [-0.2, -0.15) is 0 Å². The molecular weight excluding hydrogens is 201 g/mol. The first-order chi connectivity index (χ1) is 7.79. The van der Waals surface area contributed by atoms with Gasteiger partial charge >= 0.3 is 0 Å². The zero-order valence-corrected chi connectivity index (χ0v) is 9.88. The van der Waals surface area contributed by atoms with Crippen molar-refractivity contribution in [3.8, 4) is 0 Å². The van der Waals surface area contributed by atoms with E-state index in [2.05, 4.69) is 12.2 Å². The predicted molar refractivity (Wildman–Crippen MR) is 65.1 cm³/mol. The van der Waals surface area contributed by atoms with Crippen molar-refractivity contribution in [3.63, 3.8) is 0 Å². The molecule has 16 heavy (non-hydrogen) atoms. The molecule has 88 valence electrons. The molecule has 0 bridgehead atoms. The molecule has 1 N–H and O–H groups in total. The molecule has 1 nitrogen and oxygen atoms in total. The van der Waals surface area contributed by atoms with E-state index >= 15 is 0 Å². The number of unbranched alkanes of at least 4 members (excludes halogenated alkanes) is 1. The van der Waals surface area contributed by atoms with Gasteiger partial charge in [-0.1, -0.05) is 25.5 Å². The van der Waals surface area contributed by atoms with E-state index in [1.165, 1.54) is 31.2 Å². The Balaban J connectivity index is 1.73. The molecule has 1 aliphatic carbocycles. The largest absolute Gasteiger partial charge is 0.314 e. The van der Waals surface area contributed by atoms with Crippen LogP contribution in [0.3, 0.4) is 0 Å². The van der Waals surface area contributed by atoms with E-state index in [1.807, 2.05) is 12.1 Å². The Morgan fingerprint density at radius 3 is 2.56 bits per heavy atom. The van der Waals surface area contributed by atoms with Crippen molar-refractivity contribution in [1.82, 2.24) is 5.32 Å². The van der Waals surface area contributed by atoms with Crippen LogP contribution >= 0.6 is 0 Å². The lowest BCUT2D eigenvalue weighted by molar-refractivity contribution is 0.290. The lowest BCUT2D eigenvalue weighted by Gasteiger charge is -2.36. The Labute approximate surface area is 97.1 Å². The summed E-state index contributed by atoms with van der Waals surface area (Å²) in [5.41, 5.74) is 1.29. The van der Waals surface area contributed by atoms with E-state index in [4.69, 9.17) is 0 Å². The van der Waals surface area contributed by atoms with Gasteiger partial charge in [0.15, 0.2) is 0 Å². The van der Waals surface area contributed by atoms with Gasteiger partial charge in [-0.15, -0.1) is 0 Å². The van der Waals surface area contributed by atoms with Gasteiger partial charge in [-0.25, -0.2) is 4.39 Å². The molecule has 0 saturated heterocycles. The summed E-state index contributed by atoms with van der Waals surface area (Å²) in [6.45, 7) is 3.35. The minimum Gasteiger partial charge on any atom is -0.314 e. The van der Waals surface area contributed by atoms with Gasteiger partial charge in [0, 0.05) is 6.04 Å². The molecule has 0 radical (unpaired) electrons. The maximum atomic E-state index is 12.7. The van der Waals surface area contributed by atoms with Gasteiger partial charge < -0.3 is 5.32 Å². The summed E-state index contributed by atoms with van der Waals surface area (Å²) in [5.74, 6) is 0.500. The van der Waals surface area contributed by atoms with Gasteiger partial charge in [-0.3, -0.25) is 0 Å². The molecule has 1 aromatic rings. The van der Waals surface area contributed by atoms with E-state index in [1.54, 1.807) is 12.1 Å². The van der Waals surface area contributed by atoms with Gasteiger partial charge in [0.05, 0.1) is 0 Å². The number of hydrogen-bond acceptors (Lipinski definition) is 1. The average Bonchev–Trinajstić information content (AvgIpc) is 2.23. The van der Waals surface area contributed by atoms with Crippen LogP contribution in [0.4, 0.5) is 4.39 Å². The lowest BCUT2D eigenvalue weighted by Crippen LogP contribution is -2.40. The highest BCUT2D eigenvalue weighted by Gasteiger charge is 2.29. The highest BCUT2D eigenvalue weighted by molar-refractivity contribution is 5.23. The number of halogens is 1. The number of benzene rings is 1. The van der Waals surface area contributed by atoms with E-state index in [0.717, 1.165) is 6.54 Å². The fraction of sp³-hybridized carbons (Fsp3) is 0.571. The summed E-state index contributed by atoms with van der Waals surface area (Å²) in [5, 5.41) is 3.56. The first kappa shape index (κ1) is 11.6. The van der Waals surface area contributed by atoms with Crippen LogP contribution in [-0.4, -0.2) is 12.6 Å². The second-order valence-corrected chi connectivity index (χ2v) is 4.72. The normalized spacial score (nSPS) is 24.1. The molecule has 0 aromatic heterocycles. The van der Waals surface area contributed by atoms with Gasteiger partial charge in [0.25, 0.3) is 0 Å². The minimum absolute atomic E-state index is 0.138. The van der Waals surface area contributed by atoms with Crippen molar-refractivity contribution in [2.75, 3.05) is 6.54 Å². The Kier molecular flexibility index (Phi) is 3.94. The molecule has 0 aliphatic heterocycles. The summed E-state index contributed by atoms with van der Waals surface area (Å²) in [6, 6.07) is 7.65. The van der Waals surface area contributed by atoms with Crippen molar-refractivity contribution in [2.24, 2.45) is 0 Å². The molecule has 0 heterocycles. The number of hydrogen-bond donors (Lipinski definition) is 1. The summed E-state index contributed by atoms with van der Waals surface area (Å²) < 4.78 is 12.7. The second-order valence-electron chi connectivity index (χ2n) is 4.72. The van der Waals surface area contributed by atoms with Crippen molar-refractivity contribution < 1.29 is 4.39 Å². The van der Waals surface area contributed by atoms with E-state index < -0.39 is 0 Å². The Hall–Kier alpha value is -0.890. The molecule has 1 saturated carbocycles. The maximum absolute atomic E-state index is 12.7. The molecular formula is C14H20FN. The summed E-state index contributed by atoms with van der Waals surface area (Å²) in [4.78, 5) is 0. The number of rotatable bonds is 5. The van der Waals surface area contributed by atoms with Crippen molar-refractivity contribution in [3.05, 3.63) is 35.6 Å². The predicted octanol–water partition coefficient (Wildman–Crippen LogP) is 3.46. The average molecular weight is 221 g/mol. The van der Waals surface area contributed by atoms with Gasteiger partial charge in [0.1, 0.15) is 5.82 Å². The SMILES string of the molecule is CCCCNC1CC(c2ccc(F)cc2)C1. The molecule has 0 spiro atoms. The molecule has 0 amide bonds. The number of nitrogens with one attached hydrogen (secondary N) is 1. The lowest BCUT2D eigenvalue weighted by atomic mass is 9.76. The van der Waals surface area contributed by atoms with Crippen LogP contribution in [-0.2, 0) is 0 Å². The van der Waals surface area contributed by atoms with Gasteiger partial charge in [0.2, 0.25) is 0 Å². The smallest absolute Gasteiger partial charge is 0.123 e. The van der Waals surface area contributed by atoms with Crippen molar-refractivity contribution in [1.29, 1.82) is 0 Å². The van der Waals surface area contributed by atoms with Crippen LogP contribution in [0.5, 0.6) is 0 Å². The third-order valence-electron chi connectivity index (χ3n) is 3.44. The monoisotopic (exact) mass is 221 g/mol. The van der Waals surface area contributed by atoms with Crippen molar-refractivity contribution in [2.45, 2.75) is 44.6 Å². The van der Waals surface area contributed by atoms with Crippen LogP contribution in [0, 0.1) is 5.82 Å². The van der Waals surface area contributed by atoms with E-state index in [0.29, 0.717) is 12.0 Å². The first-order valence-electron chi connectivity index (χ1n) is 6.28. The minimum atomic E-state index is -0.138. The van der Waals surface area contributed by atoms with Crippen LogP contribution in [0.15, 0.2) is 24.3 Å². The Bertz CT molecular complexity index is 314. The molecule has 0 unspecified atom stereocenters. The second kappa shape index (κ2) is 5.44. The summed E-state index contributed by atoms with van der Waals surface area (Å²) >= 11 is 0. The van der Waals surface area contributed by atoms with Gasteiger partial charge in [-0.05, 0) is 49.4 Å². The maximum Gasteiger partial charge on any atom is 0.123 e. The third-order valence-corrected chi connectivity index (χ3v) is 3.44. The molecule has 2 rings (SSSR count). The zero-order chi connectivity index (χ0) is 11.4. The Morgan fingerprint density at radius 2 is 1.94 bits per heavy atom. The molecule has 1 aliphatic rings. The fourth-order valence-corrected chi connectivity index (χ4v) is 2.27. The Morgan fingerprint density at radius 1 is 1.25 bits per heavy atom. The highest BCUT2D eigenvalue weighted by atomic mass is 19.1. The first-order valence-corrected chi connectivity index (χ1v) is 6.28. The molecule has 2 heteroatoms. The van der Waals surface area contributed by atoms with E-state index in [9.17, 15) is 4.39 Å². The fourth-order valence-electron chi connectivity index (χ4n) is 2.27. The third kappa shape index (κ3) is 2.82. The standard InChI is InChI=1S/C14H20FN/c1-2-3-8-16-14-9-12(10-14)11-4-6-13(15)7-5-11/h4-7,12,14,16H,2-3,8-10H2,1H3. The van der Waals surface area contributed by atoms with Crippen molar-refractivity contribution >= 4 is 0 Å².